The molecule has 156 valence electrons. The fraction of sp³-hybridized carbons (Fsp3) is 0.111. The van der Waals surface area contributed by atoms with Crippen molar-refractivity contribution in [3.63, 3.8) is 0 Å². The molecular weight excluding hydrogens is 467 g/mol. The monoisotopic (exact) mass is 490 g/mol. The molecule has 1 atom stereocenters. The summed E-state index contributed by atoms with van der Waals surface area (Å²) < 4.78 is 5.49. The normalized spacial score (nSPS) is 15.1. The van der Waals surface area contributed by atoms with Crippen molar-refractivity contribution in [1.82, 2.24) is 0 Å². The highest BCUT2D eigenvalue weighted by Gasteiger charge is 2.51. The van der Waals surface area contributed by atoms with Crippen molar-refractivity contribution in [2.45, 2.75) is 11.8 Å². The molecule has 2 nitrogen and oxygen atoms in total. The lowest BCUT2D eigenvalue weighted by atomic mass is 10.1. The summed E-state index contributed by atoms with van der Waals surface area (Å²) in [6, 6.07) is 29.5. The molecule has 0 aliphatic heterocycles. The van der Waals surface area contributed by atoms with Gasteiger partial charge in [0.15, 0.2) is 0 Å². The van der Waals surface area contributed by atoms with Gasteiger partial charge in [0.25, 0.3) is 0 Å². The van der Waals surface area contributed by atoms with Gasteiger partial charge in [0.2, 0.25) is 0 Å². The van der Waals surface area contributed by atoms with Gasteiger partial charge in [-0.25, -0.2) is 4.79 Å². The molecule has 4 heteroatoms. The quantitative estimate of drug-likeness (QED) is 0.390. The molecule has 1 aliphatic carbocycles. The zero-order valence-corrected chi connectivity index (χ0v) is 19.8. The van der Waals surface area contributed by atoms with Crippen LogP contribution in [0.3, 0.4) is 0 Å². The lowest BCUT2D eigenvalue weighted by Gasteiger charge is -2.34. The van der Waals surface area contributed by atoms with Gasteiger partial charge in [0.1, 0.15) is 28.0 Å². The van der Waals surface area contributed by atoms with E-state index in [0.29, 0.717) is 5.57 Å². The van der Waals surface area contributed by atoms with E-state index in [1.54, 1.807) is 7.11 Å². The number of carbonyl (C=O) groups excluding carboxylic acids is 1. The Morgan fingerprint density at radius 3 is 2.10 bits per heavy atom. The number of rotatable bonds is 6. The number of allylic oxidation sites excluding steroid dienone is 5. The van der Waals surface area contributed by atoms with Crippen molar-refractivity contribution < 1.29 is 26.5 Å². The van der Waals surface area contributed by atoms with Crippen LogP contribution in [0.5, 0.6) is 5.75 Å². The highest BCUT2D eigenvalue weighted by molar-refractivity contribution is 7.89. The maximum absolute atomic E-state index is 12.0. The summed E-state index contributed by atoms with van der Waals surface area (Å²) in [5.41, 5.74) is 1.88. The third-order valence-electron chi connectivity index (χ3n) is 5.59. The predicted molar refractivity (Wildman–Crippen MR) is 127 cm³/mol. The summed E-state index contributed by atoms with van der Waals surface area (Å²) in [5.74, 6) is 3.08. The first-order valence-corrected chi connectivity index (χ1v) is 12.0. The largest absolute Gasteiger partial charge is 1.00 e. The number of ether oxygens (including phenoxy) is 1. The molecule has 0 heterocycles. The average Bonchev–Trinajstić information content (AvgIpc) is 2.84. The van der Waals surface area contributed by atoms with Crippen molar-refractivity contribution in [3.8, 4) is 5.75 Å². The van der Waals surface area contributed by atoms with E-state index in [1.807, 2.05) is 36.4 Å². The van der Waals surface area contributed by atoms with Crippen LogP contribution in [0, 0.1) is 0 Å². The molecule has 0 N–H and O–H groups in total. The van der Waals surface area contributed by atoms with Crippen LogP contribution in [-0.2, 0) is 11.0 Å². The van der Waals surface area contributed by atoms with Crippen molar-refractivity contribution in [2.75, 3.05) is 7.11 Å². The summed E-state index contributed by atoms with van der Waals surface area (Å²) in [7, 11) is -0.402. The lowest BCUT2D eigenvalue weighted by Crippen LogP contribution is -3.00. The fourth-order valence-corrected chi connectivity index (χ4v) is 8.90. The molecule has 0 bridgehead atoms. The van der Waals surface area contributed by atoms with Crippen molar-refractivity contribution >= 4 is 23.8 Å². The molecular formula is C27H24BrO2P. The van der Waals surface area contributed by atoms with Crippen LogP contribution in [0.15, 0.2) is 115 Å². The molecule has 0 amide bonds. The van der Waals surface area contributed by atoms with Crippen LogP contribution in [0.1, 0.15) is 5.56 Å². The van der Waals surface area contributed by atoms with Gasteiger partial charge >= 0.3 is 0 Å². The first-order valence-electron chi connectivity index (χ1n) is 10.00. The minimum absolute atomic E-state index is 0. The van der Waals surface area contributed by atoms with Crippen LogP contribution >= 0.6 is 7.26 Å². The molecule has 3 aromatic carbocycles. The van der Waals surface area contributed by atoms with E-state index >= 15 is 0 Å². The van der Waals surface area contributed by atoms with Gasteiger partial charge in [-0.05, 0) is 54.1 Å². The topological polar surface area (TPSA) is 26.3 Å². The number of halogens is 1. The molecule has 0 radical (unpaired) electrons. The molecule has 1 aliphatic rings. The zero-order valence-electron chi connectivity index (χ0n) is 17.3. The van der Waals surface area contributed by atoms with Crippen LogP contribution in [0.25, 0.3) is 0 Å². The van der Waals surface area contributed by atoms with E-state index in [1.165, 1.54) is 16.2 Å². The van der Waals surface area contributed by atoms with Gasteiger partial charge in [-0.3, -0.25) is 0 Å². The van der Waals surface area contributed by atoms with Gasteiger partial charge in [0, 0.05) is 0 Å². The van der Waals surface area contributed by atoms with Crippen LogP contribution in [-0.4, -0.2) is 18.7 Å². The second-order valence-corrected chi connectivity index (χ2v) is 10.9. The van der Waals surface area contributed by atoms with E-state index in [9.17, 15) is 4.79 Å². The van der Waals surface area contributed by atoms with Crippen LogP contribution in [0.2, 0.25) is 0 Å². The second kappa shape index (κ2) is 10.6. The molecule has 1 unspecified atom stereocenters. The SMILES string of the molecule is COc1cccc(C[P+](c2ccccc2)(c2ccccc2)C2C=CC=CC2=C=O)c1.[Br-]. The van der Waals surface area contributed by atoms with E-state index in [4.69, 9.17) is 4.74 Å². The van der Waals surface area contributed by atoms with Crippen LogP contribution < -0.4 is 32.3 Å². The third-order valence-corrected chi connectivity index (χ3v) is 10.3. The summed E-state index contributed by atoms with van der Waals surface area (Å²) >= 11 is 0. The first-order chi connectivity index (χ1) is 14.8. The van der Waals surface area contributed by atoms with Crippen molar-refractivity contribution in [3.05, 3.63) is 120 Å². The third kappa shape index (κ3) is 4.65. The number of methoxy groups -OCH3 is 1. The smallest absolute Gasteiger partial charge is 0.133 e. The first kappa shape index (κ1) is 23.0. The van der Waals surface area contributed by atoms with Gasteiger partial charge in [-0.1, -0.05) is 60.7 Å². The van der Waals surface area contributed by atoms with Gasteiger partial charge in [0.05, 0.1) is 26.1 Å². The molecule has 0 aromatic heterocycles. The second-order valence-electron chi connectivity index (χ2n) is 7.30. The molecule has 31 heavy (non-hydrogen) atoms. The molecule has 0 saturated heterocycles. The van der Waals surface area contributed by atoms with E-state index in [2.05, 4.69) is 78.8 Å². The standard InChI is InChI=1S/C27H24O2P.BrH/c1-29-24-13-10-11-22(19-24)21-30(25-14-4-2-5-15-25,26-16-6-3-7-17-26)27-18-9-8-12-23(27)20-28;/h2-19,27H,21H2,1H3;1H/q+1;/p-1. The summed E-state index contributed by atoms with van der Waals surface area (Å²) in [6.07, 6.45) is 8.88. The van der Waals surface area contributed by atoms with E-state index in [-0.39, 0.29) is 22.6 Å². The highest BCUT2D eigenvalue weighted by Crippen LogP contribution is 2.65. The van der Waals surface area contributed by atoms with E-state index in [0.717, 1.165) is 11.9 Å². The Kier molecular flexibility index (Phi) is 7.82. The molecule has 3 aromatic rings. The summed E-state index contributed by atoms with van der Waals surface area (Å²) in [5, 5.41) is 2.55. The van der Waals surface area contributed by atoms with Crippen molar-refractivity contribution in [2.24, 2.45) is 0 Å². The van der Waals surface area contributed by atoms with E-state index < -0.39 is 7.26 Å². The minimum Gasteiger partial charge on any atom is -1.00 e. The van der Waals surface area contributed by atoms with Gasteiger partial charge < -0.3 is 21.7 Å². The Labute approximate surface area is 195 Å². The van der Waals surface area contributed by atoms with Crippen LogP contribution in [0.4, 0.5) is 0 Å². The maximum Gasteiger partial charge on any atom is 0.133 e. The number of hydrogen-bond acceptors (Lipinski definition) is 2. The molecule has 0 fully saturated rings. The Morgan fingerprint density at radius 2 is 1.52 bits per heavy atom. The van der Waals surface area contributed by atoms with Gasteiger partial charge in [-0.2, -0.15) is 0 Å². The molecule has 0 spiro atoms. The minimum atomic E-state index is -2.09. The zero-order chi connectivity index (χ0) is 20.8. The Hall–Kier alpha value is -2.70. The highest BCUT2D eigenvalue weighted by atomic mass is 79.9. The summed E-state index contributed by atoms with van der Waals surface area (Å²) in [4.78, 5) is 12.0. The fourth-order valence-electron chi connectivity index (χ4n) is 4.21. The number of benzene rings is 3. The molecule has 4 rings (SSSR count). The Balaban J connectivity index is 0.00000272. The summed E-state index contributed by atoms with van der Waals surface area (Å²) in [6.45, 7) is 0. The predicted octanol–water partition coefficient (Wildman–Crippen LogP) is 2.12. The average molecular weight is 491 g/mol. The Morgan fingerprint density at radius 1 is 0.871 bits per heavy atom. The lowest BCUT2D eigenvalue weighted by molar-refractivity contribution is -0.00000722. The van der Waals surface area contributed by atoms with Gasteiger partial charge in [-0.15, -0.1) is 0 Å². The number of hydrogen-bond donors (Lipinski definition) is 0. The van der Waals surface area contributed by atoms with Crippen molar-refractivity contribution in [1.29, 1.82) is 0 Å². The molecule has 0 saturated carbocycles. The Bertz CT molecular complexity index is 1080. The maximum atomic E-state index is 12.0.